The zero-order chi connectivity index (χ0) is 18.5. The number of allylic oxidation sites excluding steroid dienone is 1. The molecule has 1 aliphatic carbocycles. The van der Waals surface area contributed by atoms with Crippen molar-refractivity contribution in [3.05, 3.63) is 47.5 Å². The molecule has 1 fully saturated rings. The number of ether oxygens (including phenoxy) is 1. The van der Waals surface area contributed by atoms with E-state index in [9.17, 15) is 9.59 Å². The highest BCUT2D eigenvalue weighted by Crippen LogP contribution is 2.34. The molecular weight excluding hydrogens is 328 g/mol. The van der Waals surface area contributed by atoms with E-state index in [1.807, 2.05) is 42.3 Å². The Morgan fingerprint density at radius 2 is 2.00 bits per heavy atom. The Balaban J connectivity index is 1.53. The Hall–Kier alpha value is -2.30. The minimum atomic E-state index is -0.298. The summed E-state index contributed by atoms with van der Waals surface area (Å²) >= 11 is 0. The van der Waals surface area contributed by atoms with Crippen LogP contribution in [0.25, 0.3) is 0 Å². The smallest absolute Gasteiger partial charge is 0.410 e. The maximum Gasteiger partial charge on any atom is 0.410 e. The number of carbonyl (C=O) groups is 2. The van der Waals surface area contributed by atoms with Crippen LogP contribution in [0.15, 0.2) is 42.0 Å². The van der Waals surface area contributed by atoms with Crippen molar-refractivity contribution in [3.63, 3.8) is 0 Å². The average Bonchev–Trinajstić information content (AvgIpc) is 2.79. The van der Waals surface area contributed by atoms with Gasteiger partial charge in [-0.05, 0) is 36.7 Å². The third-order valence-electron chi connectivity index (χ3n) is 5.47. The molecule has 3 rings (SSSR count). The van der Waals surface area contributed by atoms with Crippen molar-refractivity contribution in [1.82, 2.24) is 9.80 Å². The van der Waals surface area contributed by atoms with Crippen molar-refractivity contribution in [2.75, 3.05) is 27.2 Å². The number of rotatable bonds is 4. The maximum absolute atomic E-state index is 12.2. The summed E-state index contributed by atoms with van der Waals surface area (Å²) in [5, 5.41) is 0. The molecule has 2 atom stereocenters. The first-order valence-electron chi connectivity index (χ1n) is 9.38. The second kappa shape index (κ2) is 8.39. The lowest BCUT2D eigenvalue weighted by molar-refractivity contribution is -0.129. The molecule has 0 radical (unpaired) electrons. The van der Waals surface area contributed by atoms with Crippen molar-refractivity contribution < 1.29 is 14.3 Å². The number of likely N-dealkylation sites (N-methyl/N-ethyl adjacent to an activating group) is 1. The second-order valence-corrected chi connectivity index (χ2v) is 7.50. The molecule has 140 valence electrons. The standard InChI is InChI=1S/C21H28N2O3/c1-22-14-19-9-8-17(12-18(19)10-11-20(22)24)13-23(2)21(25)26-15-16-6-4-3-5-7-16/h3-7,12,18-19H,8-11,13-15H2,1-2H3. The van der Waals surface area contributed by atoms with Crippen LogP contribution in [-0.4, -0.2) is 49.0 Å². The van der Waals surface area contributed by atoms with Gasteiger partial charge in [-0.1, -0.05) is 42.0 Å². The quantitative estimate of drug-likeness (QED) is 0.776. The van der Waals surface area contributed by atoms with Crippen LogP contribution in [0.2, 0.25) is 0 Å². The first kappa shape index (κ1) is 18.5. The van der Waals surface area contributed by atoms with Crippen molar-refractivity contribution in [1.29, 1.82) is 0 Å². The monoisotopic (exact) mass is 356 g/mol. The molecule has 1 saturated heterocycles. The fourth-order valence-corrected chi connectivity index (χ4v) is 3.92. The summed E-state index contributed by atoms with van der Waals surface area (Å²) in [6.07, 6.45) is 5.62. The number of amides is 2. The van der Waals surface area contributed by atoms with E-state index in [2.05, 4.69) is 6.08 Å². The predicted octanol–water partition coefficient (Wildman–Crippen LogP) is 3.46. The van der Waals surface area contributed by atoms with Crippen molar-refractivity contribution >= 4 is 12.0 Å². The molecule has 0 bridgehead atoms. The SMILES string of the molecule is CN1CC2CCC(CN(C)C(=O)OCc3ccccc3)=CC2CCC1=O. The van der Waals surface area contributed by atoms with Gasteiger partial charge in [-0.15, -0.1) is 0 Å². The normalized spacial score (nSPS) is 22.9. The van der Waals surface area contributed by atoms with Crippen LogP contribution < -0.4 is 0 Å². The second-order valence-electron chi connectivity index (χ2n) is 7.50. The largest absolute Gasteiger partial charge is 0.445 e. The van der Waals surface area contributed by atoms with E-state index in [-0.39, 0.29) is 12.0 Å². The van der Waals surface area contributed by atoms with E-state index in [4.69, 9.17) is 4.74 Å². The zero-order valence-electron chi connectivity index (χ0n) is 15.7. The minimum Gasteiger partial charge on any atom is -0.445 e. The van der Waals surface area contributed by atoms with E-state index >= 15 is 0 Å². The fraction of sp³-hybridized carbons (Fsp3) is 0.524. The van der Waals surface area contributed by atoms with Crippen LogP contribution in [0.1, 0.15) is 31.2 Å². The van der Waals surface area contributed by atoms with Gasteiger partial charge in [0.2, 0.25) is 5.91 Å². The van der Waals surface area contributed by atoms with Gasteiger partial charge in [0.15, 0.2) is 0 Å². The van der Waals surface area contributed by atoms with Crippen molar-refractivity contribution in [2.24, 2.45) is 11.8 Å². The minimum absolute atomic E-state index is 0.246. The van der Waals surface area contributed by atoms with Crippen LogP contribution in [0.4, 0.5) is 4.79 Å². The van der Waals surface area contributed by atoms with Crippen LogP contribution in [-0.2, 0) is 16.1 Å². The molecule has 26 heavy (non-hydrogen) atoms. The van der Waals surface area contributed by atoms with Gasteiger partial charge < -0.3 is 14.5 Å². The van der Waals surface area contributed by atoms with Gasteiger partial charge >= 0.3 is 6.09 Å². The van der Waals surface area contributed by atoms with E-state index in [0.717, 1.165) is 31.4 Å². The molecule has 5 heteroatoms. The lowest BCUT2D eigenvalue weighted by atomic mass is 9.79. The molecular formula is C21H28N2O3. The highest BCUT2D eigenvalue weighted by atomic mass is 16.6. The van der Waals surface area contributed by atoms with E-state index in [0.29, 0.717) is 31.4 Å². The summed E-state index contributed by atoms with van der Waals surface area (Å²) in [7, 11) is 3.69. The van der Waals surface area contributed by atoms with Gasteiger partial charge in [-0.2, -0.15) is 0 Å². The summed E-state index contributed by atoms with van der Waals surface area (Å²) in [5.74, 6) is 1.24. The molecule has 1 aromatic rings. The molecule has 2 unspecified atom stereocenters. The Labute approximate surface area is 155 Å². The number of likely N-dealkylation sites (tertiary alicyclic amines) is 1. The maximum atomic E-state index is 12.2. The van der Waals surface area contributed by atoms with E-state index < -0.39 is 0 Å². The predicted molar refractivity (Wildman–Crippen MR) is 100 cm³/mol. The summed E-state index contributed by atoms with van der Waals surface area (Å²) in [5.41, 5.74) is 2.27. The van der Waals surface area contributed by atoms with E-state index in [1.54, 1.807) is 11.9 Å². The molecule has 0 saturated carbocycles. The van der Waals surface area contributed by atoms with Gasteiger partial charge in [-0.25, -0.2) is 4.79 Å². The summed E-state index contributed by atoms with van der Waals surface area (Å²) < 4.78 is 5.39. The van der Waals surface area contributed by atoms with Crippen LogP contribution in [0.3, 0.4) is 0 Å². The Morgan fingerprint density at radius 1 is 1.23 bits per heavy atom. The molecule has 1 aromatic carbocycles. The highest BCUT2D eigenvalue weighted by molar-refractivity contribution is 5.76. The van der Waals surface area contributed by atoms with Gasteiger partial charge in [0.1, 0.15) is 6.61 Å². The molecule has 1 heterocycles. The van der Waals surface area contributed by atoms with Gasteiger partial charge in [0.05, 0.1) is 0 Å². The first-order valence-corrected chi connectivity index (χ1v) is 9.38. The van der Waals surface area contributed by atoms with E-state index in [1.165, 1.54) is 5.57 Å². The molecule has 5 nitrogen and oxygen atoms in total. The number of carbonyl (C=O) groups excluding carboxylic acids is 2. The zero-order valence-corrected chi connectivity index (χ0v) is 15.7. The van der Waals surface area contributed by atoms with Crippen LogP contribution in [0, 0.1) is 11.8 Å². The molecule has 0 spiro atoms. The molecule has 2 aliphatic rings. The molecule has 1 aliphatic heterocycles. The Kier molecular flexibility index (Phi) is 5.96. The van der Waals surface area contributed by atoms with Crippen molar-refractivity contribution in [3.8, 4) is 0 Å². The number of hydrogen-bond donors (Lipinski definition) is 0. The molecule has 2 amide bonds. The van der Waals surface area contributed by atoms with Crippen molar-refractivity contribution in [2.45, 2.75) is 32.3 Å². The molecule has 0 aromatic heterocycles. The van der Waals surface area contributed by atoms with Gasteiger partial charge in [0.25, 0.3) is 0 Å². The third-order valence-corrected chi connectivity index (χ3v) is 5.47. The highest BCUT2D eigenvalue weighted by Gasteiger charge is 2.31. The number of hydrogen-bond acceptors (Lipinski definition) is 3. The first-order chi connectivity index (χ1) is 12.5. The Morgan fingerprint density at radius 3 is 2.77 bits per heavy atom. The number of nitrogens with zero attached hydrogens (tertiary/aromatic N) is 2. The van der Waals surface area contributed by atoms with Crippen LogP contribution >= 0.6 is 0 Å². The topological polar surface area (TPSA) is 49.9 Å². The fourth-order valence-electron chi connectivity index (χ4n) is 3.92. The number of benzene rings is 1. The van der Waals surface area contributed by atoms with Gasteiger partial charge in [-0.3, -0.25) is 4.79 Å². The van der Waals surface area contributed by atoms with Crippen LogP contribution in [0.5, 0.6) is 0 Å². The Bertz CT molecular complexity index is 671. The lowest BCUT2D eigenvalue weighted by Gasteiger charge is -2.31. The average molecular weight is 356 g/mol. The summed E-state index contributed by atoms with van der Waals surface area (Å²) in [6, 6.07) is 9.71. The summed E-state index contributed by atoms with van der Waals surface area (Å²) in [6.45, 7) is 1.74. The summed E-state index contributed by atoms with van der Waals surface area (Å²) in [4.78, 5) is 27.7. The lowest BCUT2D eigenvalue weighted by Crippen LogP contribution is -2.33. The van der Waals surface area contributed by atoms with Gasteiger partial charge in [0, 0.05) is 33.6 Å². The number of fused-ring (bicyclic) bond motifs is 1. The third kappa shape index (κ3) is 4.65. The molecule has 0 N–H and O–H groups in total.